The molecule has 0 aliphatic heterocycles. The lowest BCUT2D eigenvalue weighted by Gasteiger charge is -2.23. The van der Waals surface area contributed by atoms with E-state index in [-0.39, 0.29) is 24.3 Å². The molecule has 47 heavy (non-hydrogen) atoms. The number of unbranched alkanes of at least 4 members (excludes halogenated alkanes) is 1. The van der Waals surface area contributed by atoms with Crippen LogP contribution >= 0.6 is 23.2 Å². The van der Waals surface area contributed by atoms with Crippen molar-refractivity contribution in [3.63, 3.8) is 0 Å². The van der Waals surface area contributed by atoms with Crippen LogP contribution in [0.5, 0.6) is 11.5 Å². The first kappa shape index (κ1) is 35.6. The normalized spacial score (nSPS) is 11.4. The molecule has 0 bridgehead atoms. The number of hydrogen-bond acceptors (Lipinski definition) is 5. The molecule has 0 amide bonds. The van der Waals surface area contributed by atoms with Crippen molar-refractivity contribution in [2.45, 2.75) is 45.2 Å². The van der Waals surface area contributed by atoms with Crippen molar-refractivity contribution in [1.82, 2.24) is 4.90 Å². The van der Waals surface area contributed by atoms with Crippen molar-refractivity contribution in [2.75, 3.05) is 13.1 Å². The maximum Gasteiger partial charge on any atom is 0.573 e. The molecule has 0 saturated heterocycles. The fourth-order valence-corrected chi connectivity index (χ4v) is 5.19. The summed E-state index contributed by atoms with van der Waals surface area (Å²) in [5, 5.41) is 19.1. The monoisotopic (exact) mass is 689 g/mol. The molecule has 0 fully saturated rings. The number of carboxylic acid groups (broad SMARTS) is 2. The molecule has 0 aliphatic carbocycles. The highest BCUT2D eigenvalue weighted by molar-refractivity contribution is 6.42. The highest BCUT2D eigenvalue weighted by Crippen LogP contribution is 2.31. The zero-order chi connectivity index (χ0) is 34.0. The van der Waals surface area contributed by atoms with Gasteiger partial charge in [0, 0.05) is 19.5 Å². The second kappa shape index (κ2) is 16.5. The average Bonchev–Trinajstić information content (AvgIpc) is 3.02. The smallest absolute Gasteiger partial charge is 0.489 e. The molecule has 2 N–H and O–H groups in total. The number of rotatable bonds is 16. The minimum Gasteiger partial charge on any atom is -0.489 e. The second-order valence-electron chi connectivity index (χ2n) is 10.8. The molecule has 0 aliphatic rings. The molecule has 0 heterocycles. The number of alkyl halides is 3. The summed E-state index contributed by atoms with van der Waals surface area (Å²) in [5.74, 6) is -1.92. The van der Waals surface area contributed by atoms with Gasteiger partial charge in [0.2, 0.25) is 0 Å². The van der Waals surface area contributed by atoms with Crippen LogP contribution in [-0.4, -0.2) is 46.5 Å². The SMILES string of the molecule is O=C(O)CCCCN(CCc1cc(OC(F)(F)F)ccc1OCc1ccc(-c2ccc(Cl)c(Cl)c2)cc1)Cc1ccc(C(=O)O)cc1. The van der Waals surface area contributed by atoms with Gasteiger partial charge in [-0.2, -0.15) is 0 Å². The molecule has 7 nitrogen and oxygen atoms in total. The van der Waals surface area contributed by atoms with Gasteiger partial charge in [-0.3, -0.25) is 9.69 Å². The van der Waals surface area contributed by atoms with E-state index in [1.165, 1.54) is 30.3 Å². The van der Waals surface area contributed by atoms with Crippen LogP contribution in [0, 0.1) is 0 Å². The van der Waals surface area contributed by atoms with E-state index in [2.05, 4.69) is 4.74 Å². The maximum absolute atomic E-state index is 13.1. The van der Waals surface area contributed by atoms with Crippen LogP contribution in [0.1, 0.15) is 46.3 Å². The van der Waals surface area contributed by atoms with E-state index >= 15 is 0 Å². The predicted octanol–water partition coefficient (Wildman–Crippen LogP) is 9.14. The second-order valence-corrected chi connectivity index (χ2v) is 11.6. The molecule has 12 heteroatoms. The molecule has 0 atom stereocenters. The van der Waals surface area contributed by atoms with Crippen molar-refractivity contribution in [3.05, 3.63) is 117 Å². The number of nitrogens with zero attached hydrogens (tertiary/aromatic N) is 1. The Morgan fingerprint density at radius 3 is 2.09 bits per heavy atom. The number of carboxylic acids is 2. The molecule has 4 aromatic rings. The quantitative estimate of drug-likeness (QED) is 0.113. The van der Waals surface area contributed by atoms with Crippen LogP contribution in [0.15, 0.2) is 84.9 Å². The van der Waals surface area contributed by atoms with Gasteiger partial charge >= 0.3 is 18.3 Å². The lowest BCUT2D eigenvalue weighted by molar-refractivity contribution is -0.274. The molecule has 4 rings (SSSR count). The first-order chi connectivity index (χ1) is 22.4. The van der Waals surface area contributed by atoms with Crippen molar-refractivity contribution in [3.8, 4) is 22.6 Å². The lowest BCUT2D eigenvalue weighted by atomic mass is 10.0. The van der Waals surface area contributed by atoms with Gasteiger partial charge in [-0.15, -0.1) is 13.2 Å². The van der Waals surface area contributed by atoms with Crippen molar-refractivity contribution in [2.24, 2.45) is 0 Å². The summed E-state index contributed by atoms with van der Waals surface area (Å²) in [5.41, 5.74) is 4.12. The zero-order valence-electron chi connectivity index (χ0n) is 25.1. The van der Waals surface area contributed by atoms with Crippen LogP contribution in [-0.2, 0) is 24.4 Å². The van der Waals surface area contributed by atoms with E-state index < -0.39 is 18.3 Å². The summed E-state index contributed by atoms with van der Waals surface area (Å²) < 4.78 is 49.4. The third-order valence-corrected chi connectivity index (χ3v) is 8.03. The molecular formula is C35H32Cl2F3NO6. The Labute approximate surface area is 280 Å². The minimum absolute atomic E-state index is 0.0182. The largest absolute Gasteiger partial charge is 0.573 e. The number of carbonyl (C=O) groups is 2. The first-order valence-corrected chi connectivity index (χ1v) is 15.4. The molecule has 4 aromatic carbocycles. The first-order valence-electron chi connectivity index (χ1n) is 14.7. The van der Waals surface area contributed by atoms with E-state index in [1.807, 2.05) is 35.2 Å². The fraction of sp³-hybridized carbons (Fsp3) is 0.257. The Morgan fingerprint density at radius 1 is 0.766 bits per heavy atom. The highest BCUT2D eigenvalue weighted by atomic mass is 35.5. The average molecular weight is 691 g/mol. The van der Waals surface area contributed by atoms with Crippen LogP contribution < -0.4 is 9.47 Å². The third-order valence-electron chi connectivity index (χ3n) is 7.29. The van der Waals surface area contributed by atoms with Crippen LogP contribution in [0.2, 0.25) is 10.0 Å². The lowest BCUT2D eigenvalue weighted by Crippen LogP contribution is -2.27. The molecular weight excluding hydrogens is 658 g/mol. The van der Waals surface area contributed by atoms with Crippen molar-refractivity contribution in [1.29, 1.82) is 0 Å². The van der Waals surface area contributed by atoms with E-state index in [0.29, 0.717) is 60.3 Å². The van der Waals surface area contributed by atoms with Crippen LogP contribution in [0.3, 0.4) is 0 Å². The number of hydrogen-bond donors (Lipinski definition) is 2. The van der Waals surface area contributed by atoms with Crippen molar-refractivity contribution < 1.29 is 42.4 Å². The standard InChI is InChI=1S/C35H32Cl2F3NO6/c36-30-14-12-27(20-31(30)37)25-8-6-24(7-9-25)22-46-32-15-13-29(47-35(38,39)40)19-28(32)16-18-41(17-2-1-3-33(42)43)21-23-4-10-26(11-5-23)34(44)45/h4-15,19-20H,1-3,16-18,21-22H2,(H,42,43)(H,44,45). The summed E-state index contributed by atoms with van der Waals surface area (Å²) in [6.07, 6.45) is -3.51. The van der Waals surface area contributed by atoms with E-state index in [0.717, 1.165) is 22.3 Å². The highest BCUT2D eigenvalue weighted by Gasteiger charge is 2.31. The van der Waals surface area contributed by atoms with Gasteiger partial charge in [-0.1, -0.05) is 65.7 Å². The fourth-order valence-electron chi connectivity index (χ4n) is 4.89. The number of aliphatic carboxylic acids is 1. The Bertz CT molecular complexity index is 1660. The molecule has 0 unspecified atom stereocenters. The van der Waals surface area contributed by atoms with Gasteiger partial charge in [0.1, 0.15) is 18.1 Å². The topological polar surface area (TPSA) is 96.3 Å². The summed E-state index contributed by atoms with van der Waals surface area (Å²) in [6.45, 7) is 1.50. The molecule has 0 radical (unpaired) electrons. The predicted molar refractivity (Wildman–Crippen MR) is 173 cm³/mol. The van der Waals surface area contributed by atoms with Gasteiger partial charge in [-0.05, 0) is 96.1 Å². The number of halogens is 5. The van der Waals surface area contributed by atoms with Gasteiger partial charge in [0.15, 0.2) is 0 Å². The number of ether oxygens (including phenoxy) is 2. The van der Waals surface area contributed by atoms with E-state index in [9.17, 15) is 27.9 Å². The molecule has 0 aromatic heterocycles. The van der Waals surface area contributed by atoms with Gasteiger partial charge in [-0.25, -0.2) is 4.79 Å². The van der Waals surface area contributed by atoms with Crippen LogP contribution in [0.4, 0.5) is 13.2 Å². The van der Waals surface area contributed by atoms with E-state index in [1.54, 1.807) is 24.3 Å². The van der Waals surface area contributed by atoms with Gasteiger partial charge < -0.3 is 19.7 Å². The van der Waals surface area contributed by atoms with Crippen LogP contribution in [0.25, 0.3) is 11.1 Å². The number of benzene rings is 4. The molecule has 0 spiro atoms. The van der Waals surface area contributed by atoms with Crippen molar-refractivity contribution >= 4 is 35.1 Å². The Hall–Kier alpha value is -4.25. The third kappa shape index (κ3) is 11.5. The summed E-state index contributed by atoms with van der Waals surface area (Å²) in [6, 6.07) is 23.3. The molecule has 0 saturated carbocycles. The summed E-state index contributed by atoms with van der Waals surface area (Å²) >= 11 is 12.2. The Balaban J connectivity index is 1.49. The van der Waals surface area contributed by atoms with Gasteiger partial charge in [0.25, 0.3) is 0 Å². The maximum atomic E-state index is 13.1. The summed E-state index contributed by atoms with van der Waals surface area (Å²) in [4.78, 5) is 24.3. The zero-order valence-corrected chi connectivity index (χ0v) is 26.6. The van der Waals surface area contributed by atoms with Gasteiger partial charge in [0.05, 0.1) is 15.6 Å². The Morgan fingerprint density at radius 2 is 1.45 bits per heavy atom. The summed E-state index contributed by atoms with van der Waals surface area (Å²) in [7, 11) is 0. The molecule has 248 valence electrons. The Kier molecular flexibility index (Phi) is 12.5. The minimum atomic E-state index is -4.87. The van der Waals surface area contributed by atoms with E-state index in [4.69, 9.17) is 33.0 Å². The number of aromatic carboxylic acids is 1.